The number of nitrogens with one attached hydrogen (secondary N) is 1. The Hall–Kier alpha value is -2.50. The number of benzene rings is 1. The molecule has 0 saturated heterocycles. The van der Waals surface area contributed by atoms with E-state index in [1.54, 1.807) is 13.2 Å². The molecule has 1 aromatic carbocycles. The lowest BCUT2D eigenvalue weighted by Crippen LogP contribution is -2.29. The van der Waals surface area contributed by atoms with Gasteiger partial charge in [-0.2, -0.15) is 0 Å². The lowest BCUT2D eigenvalue weighted by Gasteiger charge is -2.08. The summed E-state index contributed by atoms with van der Waals surface area (Å²) >= 11 is 6.37. The molecule has 25 heavy (non-hydrogen) atoms. The molecule has 0 aliphatic rings. The second-order valence-corrected chi connectivity index (χ2v) is 6.11. The fraction of sp³-hybridized carbons (Fsp3) is 0.211. The molecule has 0 bridgehead atoms. The Labute approximate surface area is 151 Å². The Balaban J connectivity index is 2.09. The van der Waals surface area contributed by atoms with Crippen LogP contribution in [-0.4, -0.2) is 31.2 Å². The minimum Gasteiger partial charge on any atom is -0.383 e. The molecule has 2 aromatic heterocycles. The highest BCUT2D eigenvalue weighted by atomic mass is 35.5. The molecule has 6 heteroatoms. The summed E-state index contributed by atoms with van der Waals surface area (Å²) in [5, 5.41) is 4.37. The minimum absolute atomic E-state index is 0.225. The maximum absolute atomic E-state index is 12.3. The fourth-order valence-corrected chi connectivity index (χ4v) is 2.91. The van der Waals surface area contributed by atoms with Crippen LogP contribution in [0.25, 0.3) is 22.0 Å². The molecular weight excluding hydrogens is 338 g/mol. The van der Waals surface area contributed by atoms with Gasteiger partial charge >= 0.3 is 0 Å². The number of amides is 1. The number of aromatic nitrogens is 2. The van der Waals surface area contributed by atoms with E-state index in [9.17, 15) is 4.79 Å². The first-order valence-corrected chi connectivity index (χ1v) is 8.30. The van der Waals surface area contributed by atoms with E-state index in [0.717, 1.165) is 22.0 Å². The molecule has 0 radical (unpaired) electrons. The van der Waals surface area contributed by atoms with Crippen LogP contribution in [0.5, 0.6) is 0 Å². The second kappa shape index (κ2) is 7.59. The largest absolute Gasteiger partial charge is 0.383 e. The van der Waals surface area contributed by atoms with Crippen LogP contribution in [0, 0.1) is 0 Å². The summed E-state index contributed by atoms with van der Waals surface area (Å²) < 4.78 is 6.91. The third-order valence-corrected chi connectivity index (χ3v) is 4.18. The van der Waals surface area contributed by atoms with Crippen LogP contribution in [0.1, 0.15) is 10.5 Å². The second-order valence-electron chi connectivity index (χ2n) is 5.70. The van der Waals surface area contributed by atoms with Crippen LogP contribution in [0.15, 0.2) is 48.8 Å². The predicted octanol–water partition coefficient (Wildman–Crippen LogP) is 2.76. The van der Waals surface area contributed by atoms with Crippen LogP contribution in [0.4, 0.5) is 0 Å². The highest BCUT2D eigenvalue weighted by Gasteiger charge is 2.16. The molecule has 0 saturated carbocycles. The van der Waals surface area contributed by atoms with Crippen molar-refractivity contribution in [1.82, 2.24) is 10.3 Å². The number of ether oxygens (including phenoxy) is 1. The Kier molecular flexibility index (Phi) is 5.26. The van der Waals surface area contributed by atoms with Gasteiger partial charge in [-0.05, 0) is 18.2 Å². The van der Waals surface area contributed by atoms with Gasteiger partial charge in [0.2, 0.25) is 0 Å². The maximum atomic E-state index is 12.3. The average Bonchev–Trinajstić information content (AvgIpc) is 2.61. The van der Waals surface area contributed by atoms with Crippen molar-refractivity contribution in [2.24, 2.45) is 7.05 Å². The summed E-state index contributed by atoms with van der Waals surface area (Å²) in [5.74, 6) is -0.225. The van der Waals surface area contributed by atoms with Gasteiger partial charge in [0.05, 0.1) is 23.1 Å². The Morgan fingerprint density at radius 2 is 2.00 bits per heavy atom. The molecule has 0 atom stereocenters. The molecule has 3 rings (SSSR count). The number of hydrogen-bond donors (Lipinski definition) is 1. The van der Waals surface area contributed by atoms with E-state index in [-0.39, 0.29) is 5.91 Å². The first-order valence-electron chi connectivity index (χ1n) is 7.92. The molecule has 1 amide bonds. The van der Waals surface area contributed by atoms with Crippen molar-refractivity contribution in [3.63, 3.8) is 0 Å². The number of methoxy groups -OCH3 is 1. The Bertz CT molecular complexity index is 928. The monoisotopic (exact) mass is 356 g/mol. The van der Waals surface area contributed by atoms with Crippen molar-refractivity contribution in [3.05, 3.63) is 59.5 Å². The van der Waals surface area contributed by atoms with Gasteiger partial charge < -0.3 is 10.1 Å². The quantitative estimate of drug-likeness (QED) is 0.565. The van der Waals surface area contributed by atoms with E-state index in [1.165, 1.54) is 0 Å². The summed E-state index contributed by atoms with van der Waals surface area (Å²) in [4.78, 5) is 16.9. The van der Waals surface area contributed by atoms with E-state index in [2.05, 4.69) is 10.3 Å². The number of nitrogens with zero attached hydrogens (tertiary/aromatic N) is 2. The summed E-state index contributed by atoms with van der Waals surface area (Å²) in [5.41, 5.74) is 2.88. The topological polar surface area (TPSA) is 55.1 Å². The molecule has 0 aliphatic carbocycles. The lowest BCUT2D eigenvalue weighted by atomic mass is 10.0. The van der Waals surface area contributed by atoms with E-state index in [0.29, 0.717) is 23.9 Å². The van der Waals surface area contributed by atoms with Gasteiger partial charge in [0.15, 0.2) is 12.4 Å². The number of pyridine rings is 2. The SMILES string of the molecule is COCCNC(=O)c1ccc2c[n+](C)cc(-c3ccccc3Cl)c2n1. The van der Waals surface area contributed by atoms with Crippen molar-refractivity contribution < 1.29 is 14.1 Å². The van der Waals surface area contributed by atoms with E-state index in [1.807, 2.05) is 54.3 Å². The molecular formula is C19H19ClN3O2+. The van der Waals surface area contributed by atoms with Crippen molar-refractivity contribution in [2.75, 3.05) is 20.3 Å². The van der Waals surface area contributed by atoms with Crippen molar-refractivity contribution in [2.45, 2.75) is 0 Å². The zero-order chi connectivity index (χ0) is 17.8. The van der Waals surface area contributed by atoms with Gasteiger partial charge in [-0.1, -0.05) is 29.8 Å². The molecule has 0 aliphatic heterocycles. The molecule has 0 fully saturated rings. The van der Waals surface area contributed by atoms with Gasteiger partial charge in [0, 0.05) is 24.2 Å². The average molecular weight is 357 g/mol. The Morgan fingerprint density at radius 3 is 2.76 bits per heavy atom. The van der Waals surface area contributed by atoms with Crippen molar-refractivity contribution in [1.29, 1.82) is 0 Å². The highest BCUT2D eigenvalue weighted by molar-refractivity contribution is 6.33. The number of aryl methyl sites for hydroxylation is 1. The third kappa shape index (κ3) is 3.78. The summed E-state index contributed by atoms with van der Waals surface area (Å²) in [6.45, 7) is 0.899. The van der Waals surface area contributed by atoms with Gasteiger partial charge in [0.25, 0.3) is 5.91 Å². The van der Waals surface area contributed by atoms with Gasteiger partial charge in [-0.25, -0.2) is 9.55 Å². The number of carbonyl (C=O) groups excluding carboxylic acids is 1. The summed E-state index contributed by atoms with van der Waals surface area (Å²) in [6, 6.07) is 11.2. The fourth-order valence-electron chi connectivity index (χ4n) is 2.67. The van der Waals surface area contributed by atoms with Crippen LogP contribution in [0.3, 0.4) is 0 Å². The molecule has 1 N–H and O–H groups in total. The minimum atomic E-state index is -0.225. The molecule has 0 spiro atoms. The standard InChI is InChI=1S/C19H18ClN3O2/c1-23-11-13-7-8-17(19(24)21-9-10-25-2)22-18(13)15(12-23)14-5-3-4-6-16(14)20/h3-8,11-12H,9-10H2,1-2H3/p+1. The van der Waals surface area contributed by atoms with Crippen LogP contribution < -0.4 is 9.88 Å². The maximum Gasteiger partial charge on any atom is 0.269 e. The lowest BCUT2D eigenvalue weighted by molar-refractivity contribution is -0.669. The molecule has 128 valence electrons. The first kappa shape index (κ1) is 17.3. The number of rotatable bonds is 5. The first-order chi connectivity index (χ1) is 12.1. The van der Waals surface area contributed by atoms with Crippen LogP contribution >= 0.6 is 11.6 Å². The molecule has 0 unspecified atom stereocenters. The molecule has 2 heterocycles. The van der Waals surface area contributed by atoms with Gasteiger partial charge in [0.1, 0.15) is 12.7 Å². The van der Waals surface area contributed by atoms with Gasteiger partial charge in [-0.3, -0.25) is 4.79 Å². The van der Waals surface area contributed by atoms with E-state index >= 15 is 0 Å². The number of halogens is 1. The number of fused-ring (bicyclic) bond motifs is 1. The smallest absolute Gasteiger partial charge is 0.269 e. The number of carbonyl (C=O) groups is 1. The van der Waals surface area contributed by atoms with Crippen LogP contribution in [-0.2, 0) is 11.8 Å². The van der Waals surface area contributed by atoms with Crippen molar-refractivity contribution >= 4 is 28.4 Å². The highest BCUT2D eigenvalue weighted by Crippen LogP contribution is 2.31. The van der Waals surface area contributed by atoms with Crippen molar-refractivity contribution in [3.8, 4) is 11.1 Å². The normalized spacial score (nSPS) is 10.8. The van der Waals surface area contributed by atoms with Crippen LogP contribution in [0.2, 0.25) is 5.02 Å². The van der Waals surface area contributed by atoms with Gasteiger partial charge in [-0.15, -0.1) is 0 Å². The zero-order valence-corrected chi connectivity index (χ0v) is 14.9. The van der Waals surface area contributed by atoms with E-state index in [4.69, 9.17) is 16.3 Å². The molecule has 3 aromatic rings. The zero-order valence-electron chi connectivity index (χ0n) is 14.1. The Morgan fingerprint density at radius 1 is 1.20 bits per heavy atom. The molecule has 5 nitrogen and oxygen atoms in total. The summed E-state index contributed by atoms with van der Waals surface area (Å²) in [6.07, 6.45) is 3.93. The predicted molar refractivity (Wildman–Crippen MR) is 97.6 cm³/mol. The number of hydrogen-bond acceptors (Lipinski definition) is 3. The third-order valence-electron chi connectivity index (χ3n) is 3.85. The van der Waals surface area contributed by atoms with E-state index < -0.39 is 0 Å². The summed E-state index contributed by atoms with van der Waals surface area (Å²) in [7, 11) is 3.54.